The highest BCUT2D eigenvalue weighted by Gasteiger charge is 2.26. The average molecular weight is 489 g/mol. The van der Waals surface area contributed by atoms with Gasteiger partial charge in [0.1, 0.15) is 0 Å². The summed E-state index contributed by atoms with van der Waals surface area (Å²) in [6.07, 6.45) is 0. The molecule has 0 aromatic heterocycles. The third kappa shape index (κ3) is 5.55. The fourth-order valence-electron chi connectivity index (χ4n) is 3.22. The predicted molar refractivity (Wildman–Crippen MR) is 130 cm³/mol. The molecule has 0 amide bonds. The van der Waals surface area contributed by atoms with E-state index in [2.05, 4.69) is 4.72 Å². The molecule has 0 heterocycles. The normalized spacial score (nSPS) is 12.2. The quantitative estimate of drug-likeness (QED) is 0.418. The third-order valence-corrected chi connectivity index (χ3v) is 8.10. The van der Waals surface area contributed by atoms with Crippen LogP contribution in [-0.2, 0) is 20.0 Å². The maximum atomic E-state index is 13.0. The summed E-state index contributed by atoms with van der Waals surface area (Å²) in [5.41, 5.74) is 2.26. The van der Waals surface area contributed by atoms with Gasteiger partial charge in [-0.1, -0.05) is 58.0 Å². The molecule has 0 bridgehead atoms. The maximum absolute atomic E-state index is 13.0. The predicted octanol–water partition coefficient (Wildman–Crippen LogP) is 5.32. The molecule has 3 aromatic carbocycles. The van der Waals surface area contributed by atoms with Gasteiger partial charge in [-0.15, -0.1) is 4.47 Å². The molecule has 176 valence electrons. The van der Waals surface area contributed by atoms with Gasteiger partial charge >= 0.3 is 0 Å². The summed E-state index contributed by atoms with van der Waals surface area (Å²) in [6, 6.07) is 18.4. The Morgan fingerprint density at radius 2 is 1.27 bits per heavy atom. The minimum absolute atomic E-state index is 0.0677. The molecule has 0 aliphatic carbocycles. The summed E-state index contributed by atoms with van der Waals surface area (Å²) >= 11 is 0. The van der Waals surface area contributed by atoms with E-state index in [1.165, 1.54) is 24.3 Å². The minimum atomic E-state index is -4.41. The molecular weight excluding hydrogens is 460 g/mol. The van der Waals surface area contributed by atoms with Gasteiger partial charge in [0.05, 0.1) is 15.5 Å². The summed E-state index contributed by atoms with van der Waals surface area (Å²) in [5, 5.41) is 10.5. The van der Waals surface area contributed by atoms with Crippen LogP contribution in [0.1, 0.15) is 50.7 Å². The Labute approximate surface area is 195 Å². The van der Waals surface area contributed by atoms with Crippen LogP contribution in [0.5, 0.6) is 0 Å². The van der Waals surface area contributed by atoms with Crippen molar-refractivity contribution in [1.82, 2.24) is 0 Å². The molecule has 0 aliphatic heterocycles. The highest BCUT2D eigenvalue weighted by atomic mass is 32.2. The van der Waals surface area contributed by atoms with Crippen LogP contribution < -0.4 is 9.19 Å². The Bertz CT molecular complexity index is 1350. The van der Waals surface area contributed by atoms with Crippen molar-refractivity contribution in [3.05, 3.63) is 83.9 Å². The summed E-state index contributed by atoms with van der Waals surface area (Å²) in [5.74, 6) is 0.349. The highest BCUT2D eigenvalue weighted by molar-refractivity contribution is 7.93. The summed E-state index contributed by atoms with van der Waals surface area (Å²) < 4.78 is 54.6. The largest absolute Gasteiger partial charge is 0.286 e. The number of anilines is 2. The van der Waals surface area contributed by atoms with Crippen LogP contribution in [0.15, 0.2) is 82.6 Å². The Balaban J connectivity index is 1.93. The molecular formula is C24H28N2O5S2. The van der Waals surface area contributed by atoms with Gasteiger partial charge < -0.3 is 0 Å². The van der Waals surface area contributed by atoms with E-state index in [-0.39, 0.29) is 31.8 Å². The second-order valence-electron chi connectivity index (χ2n) is 8.36. The first-order valence-corrected chi connectivity index (χ1v) is 13.4. The molecule has 3 aromatic rings. The zero-order valence-corrected chi connectivity index (χ0v) is 20.6. The van der Waals surface area contributed by atoms with Gasteiger partial charge in [0.15, 0.2) is 0 Å². The summed E-state index contributed by atoms with van der Waals surface area (Å²) in [6.45, 7) is 7.90. The van der Waals surface area contributed by atoms with Crippen molar-refractivity contribution in [3.8, 4) is 0 Å². The van der Waals surface area contributed by atoms with E-state index in [4.69, 9.17) is 0 Å². The lowest BCUT2D eigenvalue weighted by atomic mass is 10.0. The first-order valence-electron chi connectivity index (χ1n) is 10.5. The fraction of sp³-hybridized carbons (Fsp3) is 0.250. The molecule has 3 rings (SSSR count). The van der Waals surface area contributed by atoms with Crippen molar-refractivity contribution in [2.45, 2.75) is 49.3 Å². The Morgan fingerprint density at radius 1 is 0.727 bits per heavy atom. The fourth-order valence-corrected chi connectivity index (χ4v) is 5.51. The lowest BCUT2D eigenvalue weighted by Crippen LogP contribution is -2.27. The van der Waals surface area contributed by atoms with E-state index in [1.807, 2.05) is 39.8 Å². The van der Waals surface area contributed by atoms with E-state index in [1.54, 1.807) is 30.3 Å². The molecule has 0 aliphatic rings. The third-order valence-electron chi connectivity index (χ3n) is 5.20. The number of nitrogens with one attached hydrogen (secondary N) is 1. The molecule has 0 saturated heterocycles. The Hall–Kier alpha value is -2.88. The van der Waals surface area contributed by atoms with Gasteiger partial charge in [-0.3, -0.25) is 9.93 Å². The first kappa shape index (κ1) is 24.8. The smallest absolute Gasteiger partial charge is 0.280 e. The lowest BCUT2D eigenvalue weighted by Gasteiger charge is -2.19. The molecule has 0 radical (unpaired) electrons. The van der Waals surface area contributed by atoms with Crippen LogP contribution in [0.25, 0.3) is 0 Å². The Kier molecular flexibility index (Phi) is 7.16. The number of benzene rings is 3. The van der Waals surface area contributed by atoms with Crippen molar-refractivity contribution >= 4 is 31.4 Å². The van der Waals surface area contributed by atoms with Crippen LogP contribution >= 0.6 is 0 Å². The second kappa shape index (κ2) is 9.54. The van der Waals surface area contributed by atoms with Crippen LogP contribution in [0.3, 0.4) is 0 Å². The molecule has 9 heteroatoms. The van der Waals surface area contributed by atoms with Crippen molar-refractivity contribution in [3.63, 3.8) is 0 Å². The SMILES string of the molecule is CC(C)c1cccc(NS(=O)(=O)c2cccc(S(=O)(=O)N(O)c3cccc(C(C)C)c3)c2)c1. The van der Waals surface area contributed by atoms with Gasteiger partial charge in [-0.05, 0) is 65.4 Å². The number of nitrogens with zero attached hydrogens (tertiary/aromatic N) is 1. The zero-order valence-electron chi connectivity index (χ0n) is 18.9. The standard InChI is InChI=1S/C24H28N2O5S2/c1-17(2)19-8-5-10-21(14-19)25-32(28,29)23-12-7-13-24(16-23)33(30,31)26(27)22-11-6-9-20(15-22)18(3)4/h5-18,25,27H,1-4H3. The molecule has 0 spiro atoms. The summed E-state index contributed by atoms with van der Waals surface area (Å²) in [4.78, 5) is -0.582. The second-order valence-corrected chi connectivity index (χ2v) is 11.8. The lowest BCUT2D eigenvalue weighted by molar-refractivity contribution is 0.316. The minimum Gasteiger partial charge on any atom is -0.280 e. The average Bonchev–Trinajstić information content (AvgIpc) is 2.78. The Morgan fingerprint density at radius 3 is 1.91 bits per heavy atom. The van der Waals surface area contributed by atoms with Crippen LogP contribution in [0.2, 0.25) is 0 Å². The zero-order chi connectivity index (χ0) is 24.4. The van der Waals surface area contributed by atoms with Crippen molar-refractivity contribution < 1.29 is 22.0 Å². The number of hydrogen-bond donors (Lipinski definition) is 2. The molecule has 0 saturated carbocycles. The maximum Gasteiger partial charge on any atom is 0.286 e. The van der Waals surface area contributed by atoms with Gasteiger partial charge in [0.25, 0.3) is 20.0 Å². The van der Waals surface area contributed by atoms with Crippen LogP contribution in [-0.4, -0.2) is 22.0 Å². The molecule has 0 atom stereocenters. The number of rotatable bonds is 8. The monoisotopic (exact) mass is 488 g/mol. The van der Waals surface area contributed by atoms with Crippen molar-refractivity contribution in [2.24, 2.45) is 0 Å². The van der Waals surface area contributed by atoms with E-state index in [9.17, 15) is 22.0 Å². The summed E-state index contributed by atoms with van der Waals surface area (Å²) in [7, 11) is -8.47. The molecule has 0 unspecified atom stereocenters. The van der Waals surface area contributed by atoms with Gasteiger partial charge in [-0.2, -0.15) is 8.42 Å². The van der Waals surface area contributed by atoms with Crippen molar-refractivity contribution in [1.29, 1.82) is 0 Å². The topological polar surface area (TPSA) is 104 Å². The molecule has 0 fully saturated rings. The highest BCUT2D eigenvalue weighted by Crippen LogP contribution is 2.27. The first-order chi connectivity index (χ1) is 15.4. The molecule has 2 N–H and O–H groups in total. The van der Waals surface area contributed by atoms with E-state index >= 15 is 0 Å². The number of hydrogen-bond acceptors (Lipinski definition) is 5. The van der Waals surface area contributed by atoms with Gasteiger partial charge in [0.2, 0.25) is 0 Å². The van der Waals surface area contributed by atoms with Crippen molar-refractivity contribution in [2.75, 3.05) is 9.19 Å². The molecule has 33 heavy (non-hydrogen) atoms. The number of sulfonamides is 2. The van der Waals surface area contributed by atoms with E-state index in [0.717, 1.165) is 17.2 Å². The van der Waals surface area contributed by atoms with Crippen LogP contribution in [0, 0.1) is 0 Å². The van der Waals surface area contributed by atoms with E-state index < -0.39 is 20.0 Å². The van der Waals surface area contributed by atoms with Crippen LogP contribution in [0.4, 0.5) is 11.4 Å². The van der Waals surface area contributed by atoms with Gasteiger partial charge in [0, 0.05) is 5.69 Å². The van der Waals surface area contributed by atoms with Gasteiger partial charge in [-0.25, -0.2) is 8.42 Å². The molecule has 7 nitrogen and oxygen atoms in total. The van der Waals surface area contributed by atoms with E-state index in [0.29, 0.717) is 5.69 Å².